The number of hydrogen-bond acceptors (Lipinski definition) is 4. The first-order valence-electron chi connectivity index (χ1n) is 10.2. The van der Waals surface area contributed by atoms with Crippen LogP contribution < -0.4 is 0 Å². The Morgan fingerprint density at radius 1 is 1.14 bits per heavy atom. The van der Waals surface area contributed by atoms with Crippen molar-refractivity contribution in [3.05, 3.63) is 46.8 Å². The first kappa shape index (κ1) is 18.7. The van der Waals surface area contributed by atoms with Crippen LogP contribution in [0.1, 0.15) is 53.5 Å². The third kappa shape index (κ3) is 3.43. The second-order valence-electron chi connectivity index (χ2n) is 7.69. The van der Waals surface area contributed by atoms with E-state index in [9.17, 15) is 9.59 Å². The number of aryl methyl sites for hydroxylation is 1. The van der Waals surface area contributed by atoms with Crippen LogP contribution in [0.5, 0.6) is 0 Å². The molecule has 1 fully saturated rings. The van der Waals surface area contributed by atoms with E-state index in [4.69, 9.17) is 9.84 Å². The second-order valence-corrected chi connectivity index (χ2v) is 7.69. The summed E-state index contributed by atoms with van der Waals surface area (Å²) >= 11 is 0. The van der Waals surface area contributed by atoms with Gasteiger partial charge in [0, 0.05) is 24.3 Å². The van der Waals surface area contributed by atoms with Crippen molar-refractivity contribution in [2.45, 2.75) is 46.0 Å². The number of carbonyl (C=O) groups excluding carboxylic acids is 2. The van der Waals surface area contributed by atoms with Crippen molar-refractivity contribution in [3.8, 4) is 5.69 Å². The van der Waals surface area contributed by atoms with E-state index in [-0.39, 0.29) is 17.8 Å². The van der Waals surface area contributed by atoms with Crippen LogP contribution >= 0.6 is 0 Å². The van der Waals surface area contributed by atoms with Gasteiger partial charge in [-0.15, -0.1) is 0 Å². The van der Waals surface area contributed by atoms with Gasteiger partial charge in [0.05, 0.1) is 18.2 Å². The van der Waals surface area contributed by atoms with Gasteiger partial charge in [0.1, 0.15) is 0 Å². The molecule has 1 aliphatic heterocycles. The number of amides is 1. The van der Waals surface area contributed by atoms with Gasteiger partial charge < -0.3 is 9.64 Å². The van der Waals surface area contributed by atoms with E-state index in [1.54, 1.807) is 0 Å². The van der Waals surface area contributed by atoms with Crippen LogP contribution in [-0.2, 0) is 22.4 Å². The standard InChI is InChI=1S/C22H27N3O3/c1-3-28-22(27)16-11-13-24(14-12-16)21(26)20-18-5-4-6-19(18)25(23-20)17-9-7-15(2)8-10-17/h7-10,16H,3-6,11-14H2,1-2H3. The fraction of sp³-hybridized carbons (Fsp3) is 0.500. The lowest BCUT2D eigenvalue weighted by Gasteiger charge is -2.30. The number of hydrogen-bond donors (Lipinski definition) is 0. The largest absolute Gasteiger partial charge is 0.466 e. The summed E-state index contributed by atoms with van der Waals surface area (Å²) in [6, 6.07) is 8.25. The average molecular weight is 381 g/mol. The number of nitrogens with zero attached hydrogens (tertiary/aromatic N) is 3. The van der Waals surface area contributed by atoms with Gasteiger partial charge >= 0.3 is 5.97 Å². The molecule has 2 heterocycles. The Bertz CT molecular complexity index is 877. The predicted molar refractivity (Wildman–Crippen MR) is 106 cm³/mol. The Hall–Kier alpha value is -2.63. The van der Waals surface area contributed by atoms with Gasteiger partial charge in [0.2, 0.25) is 0 Å². The number of fused-ring (bicyclic) bond motifs is 1. The van der Waals surface area contributed by atoms with Gasteiger partial charge in [-0.3, -0.25) is 9.59 Å². The number of benzene rings is 1. The highest BCUT2D eigenvalue weighted by Crippen LogP contribution is 2.29. The van der Waals surface area contributed by atoms with E-state index in [1.807, 2.05) is 16.5 Å². The number of rotatable bonds is 4. The van der Waals surface area contributed by atoms with E-state index in [0.717, 1.165) is 36.2 Å². The topological polar surface area (TPSA) is 64.4 Å². The molecule has 1 aliphatic carbocycles. The second kappa shape index (κ2) is 7.78. The van der Waals surface area contributed by atoms with Gasteiger partial charge in [0.15, 0.2) is 5.69 Å². The highest BCUT2D eigenvalue weighted by molar-refractivity contribution is 5.94. The van der Waals surface area contributed by atoms with Crippen LogP contribution in [-0.4, -0.2) is 46.3 Å². The lowest BCUT2D eigenvalue weighted by Crippen LogP contribution is -2.41. The average Bonchev–Trinajstić information content (AvgIpc) is 3.31. The Morgan fingerprint density at radius 3 is 2.54 bits per heavy atom. The van der Waals surface area contributed by atoms with Crippen LogP contribution in [0.15, 0.2) is 24.3 Å². The van der Waals surface area contributed by atoms with Crippen molar-refractivity contribution < 1.29 is 14.3 Å². The highest BCUT2D eigenvalue weighted by atomic mass is 16.5. The Balaban J connectivity index is 1.54. The minimum Gasteiger partial charge on any atom is -0.466 e. The normalized spacial score (nSPS) is 16.9. The molecule has 2 aliphatic rings. The maximum absolute atomic E-state index is 13.2. The van der Waals surface area contributed by atoms with E-state index < -0.39 is 0 Å². The molecule has 28 heavy (non-hydrogen) atoms. The number of carbonyl (C=O) groups is 2. The molecule has 1 aromatic heterocycles. The molecular weight excluding hydrogens is 354 g/mol. The van der Waals surface area contributed by atoms with Gasteiger partial charge in [0.25, 0.3) is 5.91 Å². The quantitative estimate of drug-likeness (QED) is 0.764. The van der Waals surface area contributed by atoms with Gasteiger partial charge in [-0.25, -0.2) is 4.68 Å². The fourth-order valence-corrected chi connectivity index (χ4v) is 4.24. The fourth-order valence-electron chi connectivity index (χ4n) is 4.24. The molecule has 4 rings (SSSR count). The van der Waals surface area contributed by atoms with Crippen molar-refractivity contribution in [1.29, 1.82) is 0 Å². The summed E-state index contributed by atoms with van der Waals surface area (Å²) < 4.78 is 7.07. The SMILES string of the molecule is CCOC(=O)C1CCN(C(=O)c2nn(-c3ccc(C)cc3)c3c2CCC3)CC1. The zero-order valence-electron chi connectivity index (χ0n) is 16.6. The lowest BCUT2D eigenvalue weighted by molar-refractivity contribution is -0.149. The van der Waals surface area contributed by atoms with Crippen molar-refractivity contribution in [1.82, 2.24) is 14.7 Å². The molecule has 0 spiro atoms. The lowest BCUT2D eigenvalue weighted by atomic mass is 9.96. The molecule has 0 atom stereocenters. The summed E-state index contributed by atoms with van der Waals surface area (Å²) in [6.45, 7) is 5.44. The third-order valence-electron chi connectivity index (χ3n) is 5.81. The highest BCUT2D eigenvalue weighted by Gasteiger charge is 2.33. The molecule has 0 saturated carbocycles. The molecule has 6 heteroatoms. The number of esters is 1. The van der Waals surface area contributed by atoms with E-state index >= 15 is 0 Å². The summed E-state index contributed by atoms with van der Waals surface area (Å²) in [5.74, 6) is -0.245. The van der Waals surface area contributed by atoms with E-state index in [1.165, 1.54) is 5.56 Å². The molecule has 0 radical (unpaired) electrons. The molecule has 6 nitrogen and oxygen atoms in total. The predicted octanol–water partition coefficient (Wildman–Crippen LogP) is 3.08. The molecular formula is C22H27N3O3. The first-order chi connectivity index (χ1) is 13.6. The van der Waals surface area contributed by atoms with E-state index in [0.29, 0.717) is 38.2 Å². The zero-order valence-corrected chi connectivity index (χ0v) is 16.6. The monoisotopic (exact) mass is 381 g/mol. The van der Waals surface area contributed by atoms with Gasteiger partial charge in [-0.2, -0.15) is 5.10 Å². The minimum atomic E-state index is -0.140. The van der Waals surface area contributed by atoms with Crippen LogP contribution in [0.25, 0.3) is 5.69 Å². The molecule has 1 amide bonds. The maximum Gasteiger partial charge on any atom is 0.309 e. The number of likely N-dealkylation sites (tertiary alicyclic amines) is 1. The molecule has 1 saturated heterocycles. The van der Waals surface area contributed by atoms with Gasteiger partial charge in [-0.05, 0) is 58.1 Å². The van der Waals surface area contributed by atoms with Gasteiger partial charge in [-0.1, -0.05) is 17.7 Å². The van der Waals surface area contributed by atoms with Crippen LogP contribution in [0.4, 0.5) is 0 Å². The molecule has 148 valence electrons. The minimum absolute atomic E-state index is 0.00804. The van der Waals surface area contributed by atoms with Crippen LogP contribution in [0.3, 0.4) is 0 Å². The molecule has 1 aromatic carbocycles. The first-order valence-corrected chi connectivity index (χ1v) is 10.2. The Morgan fingerprint density at radius 2 is 1.86 bits per heavy atom. The summed E-state index contributed by atoms with van der Waals surface area (Å²) in [5.41, 5.74) is 5.05. The number of piperidine rings is 1. The summed E-state index contributed by atoms with van der Waals surface area (Å²) in [6.07, 6.45) is 4.23. The molecule has 0 unspecified atom stereocenters. The van der Waals surface area contributed by atoms with Crippen molar-refractivity contribution >= 4 is 11.9 Å². The smallest absolute Gasteiger partial charge is 0.309 e. The number of aromatic nitrogens is 2. The number of ether oxygens (including phenoxy) is 1. The van der Waals surface area contributed by atoms with E-state index in [2.05, 4.69) is 31.2 Å². The Kier molecular flexibility index (Phi) is 5.20. The maximum atomic E-state index is 13.2. The summed E-state index contributed by atoms with van der Waals surface area (Å²) in [7, 11) is 0. The summed E-state index contributed by atoms with van der Waals surface area (Å²) in [5, 5.41) is 4.72. The molecule has 0 N–H and O–H groups in total. The molecule has 2 aromatic rings. The van der Waals surface area contributed by atoms with Crippen LogP contribution in [0.2, 0.25) is 0 Å². The Labute approximate surface area is 165 Å². The van der Waals surface area contributed by atoms with Crippen molar-refractivity contribution in [2.75, 3.05) is 19.7 Å². The zero-order chi connectivity index (χ0) is 19.7. The third-order valence-corrected chi connectivity index (χ3v) is 5.81. The summed E-state index contributed by atoms with van der Waals surface area (Å²) in [4.78, 5) is 27.0. The van der Waals surface area contributed by atoms with Crippen LogP contribution in [0, 0.1) is 12.8 Å². The van der Waals surface area contributed by atoms with Crippen molar-refractivity contribution in [3.63, 3.8) is 0 Å². The van der Waals surface area contributed by atoms with Crippen molar-refractivity contribution in [2.24, 2.45) is 5.92 Å². The molecule has 0 bridgehead atoms.